The topological polar surface area (TPSA) is 58.4 Å². The summed E-state index contributed by atoms with van der Waals surface area (Å²) in [5.41, 5.74) is 5.93. The number of nitrogen functional groups attached to an aromatic ring is 1. The van der Waals surface area contributed by atoms with E-state index in [1.807, 2.05) is 18.7 Å². The maximum absolute atomic E-state index is 13.3. The Kier molecular flexibility index (Phi) is 2.69. The van der Waals surface area contributed by atoms with Crippen LogP contribution in [0.15, 0.2) is 18.2 Å². The molecule has 0 aromatic heterocycles. The summed E-state index contributed by atoms with van der Waals surface area (Å²) in [5.74, 6) is -0.451. The summed E-state index contributed by atoms with van der Waals surface area (Å²) < 4.78 is 13.3. The highest BCUT2D eigenvalue weighted by Crippen LogP contribution is 2.28. The second kappa shape index (κ2) is 3.91. The van der Waals surface area contributed by atoms with Crippen LogP contribution in [0.1, 0.15) is 13.8 Å². The zero-order chi connectivity index (χ0) is 12.6. The van der Waals surface area contributed by atoms with Gasteiger partial charge in [-0.15, -0.1) is 0 Å². The minimum atomic E-state index is -0.696. The van der Waals surface area contributed by atoms with Crippen LogP contribution >= 0.6 is 0 Å². The van der Waals surface area contributed by atoms with E-state index in [1.54, 1.807) is 6.07 Å². The Labute approximate surface area is 99.6 Å². The third kappa shape index (κ3) is 2.05. The molecule has 1 aromatic rings. The maximum Gasteiger partial charge on any atom is 0.245 e. The summed E-state index contributed by atoms with van der Waals surface area (Å²) in [7, 11) is 0. The number of piperazine rings is 1. The number of anilines is 2. The molecule has 1 saturated heterocycles. The first kappa shape index (κ1) is 11.7. The minimum Gasteiger partial charge on any atom is -0.399 e. The largest absolute Gasteiger partial charge is 0.399 e. The van der Waals surface area contributed by atoms with E-state index >= 15 is 0 Å². The van der Waals surface area contributed by atoms with Crippen molar-refractivity contribution in [3.63, 3.8) is 0 Å². The molecule has 3 N–H and O–H groups in total. The number of halogens is 1. The lowest BCUT2D eigenvalue weighted by Crippen LogP contribution is -2.62. The van der Waals surface area contributed by atoms with Gasteiger partial charge in [0.25, 0.3) is 0 Å². The van der Waals surface area contributed by atoms with Crippen LogP contribution in [0.2, 0.25) is 0 Å². The van der Waals surface area contributed by atoms with E-state index in [1.165, 1.54) is 12.1 Å². The Bertz CT molecular complexity index is 439. The van der Waals surface area contributed by atoms with E-state index < -0.39 is 5.54 Å². The predicted molar refractivity (Wildman–Crippen MR) is 65.2 cm³/mol. The molecule has 92 valence electrons. The van der Waals surface area contributed by atoms with Gasteiger partial charge in [-0.05, 0) is 32.0 Å². The van der Waals surface area contributed by atoms with Crippen molar-refractivity contribution in [1.82, 2.24) is 5.32 Å². The van der Waals surface area contributed by atoms with Crippen molar-refractivity contribution >= 4 is 17.3 Å². The Morgan fingerprint density at radius 3 is 2.76 bits per heavy atom. The molecule has 0 aliphatic carbocycles. The molecule has 1 fully saturated rings. The second-order valence-electron chi connectivity index (χ2n) is 4.71. The molecular formula is C12H16FN3O. The number of hydrogen-bond donors (Lipinski definition) is 2. The van der Waals surface area contributed by atoms with Gasteiger partial charge in [0.1, 0.15) is 11.4 Å². The van der Waals surface area contributed by atoms with Crippen molar-refractivity contribution in [3.8, 4) is 0 Å². The van der Waals surface area contributed by atoms with Crippen LogP contribution in [-0.2, 0) is 4.79 Å². The number of carbonyl (C=O) groups excluding carboxylic acids is 1. The number of hydrogen-bond acceptors (Lipinski definition) is 3. The Hall–Kier alpha value is -1.78. The number of nitrogens with two attached hydrogens (primary N) is 1. The number of carbonyl (C=O) groups is 1. The zero-order valence-corrected chi connectivity index (χ0v) is 9.96. The molecule has 0 unspecified atom stereocenters. The summed E-state index contributed by atoms with van der Waals surface area (Å²) in [6.45, 7) is 4.81. The van der Waals surface area contributed by atoms with Crippen LogP contribution in [0.5, 0.6) is 0 Å². The predicted octanol–water partition coefficient (Wildman–Crippen LogP) is 1.12. The molecule has 1 aliphatic heterocycles. The molecule has 1 aromatic carbocycles. The number of rotatable bonds is 1. The highest BCUT2D eigenvalue weighted by atomic mass is 19.1. The molecule has 0 bridgehead atoms. The van der Waals surface area contributed by atoms with Gasteiger partial charge in [-0.3, -0.25) is 4.79 Å². The molecule has 0 atom stereocenters. The van der Waals surface area contributed by atoms with E-state index in [9.17, 15) is 9.18 Å². The maximum atomic E-state index is 13.3. The third-order valence-corrected chi connectivity index (χ3v) is 3.07. The molecule has 1 amide bonds. The van der Waals surface area contributed by atoms with Crippen LogP contribution in [0.4, 0.5) is 15.8 Å². The summed E-state index contributed by atoms with van der Waals surface area (Å²) in [4.78, 5) is 13.7. The Balaban J connectivity index is 2.41. The van der Waals surface area contributed by atoms with E-state index in [-0.39, 0.29) is 11.7 Å². The third-order valence-electron chi connectivity index (χ3n) is 3.07. The molecule has 4 nitrogen and oxygen atoms in total. The smallest absolute Gasteiger partial charge is 0.245 e. The van der Waals surface area contributed by atoms with Gasteiger partial charge in [-0.2, -0.15) is 0 Å². The van der Waals surface area contributed by atoms with E-state index in [2.05, 4.69) is 5.32 Å². The van der Waals surface area contributed by atoms with E-state index in [0.717, 1.165) is 0 Å². The molecule has 1 heterocycles. The van der Waals surface area contributed by atoms with Crippen LogP contribution in [0.3, 0.4) is 0 Å². The SMILES string of the molecule is CC1(C)C(=O)NCCN1c1cc(N)cc(F)c1. The van der Waals surface area contributed by atoms with Gasteiger partial charge in [-0.1, -0.05) is 0 Å². The van der Waals surface area contributed by atoms with Crippen LogP contribution in [0, 0.1) is 5.82 Å². The quantitative estimate of drug-likeness (QED) is 0.720. The molecule has 1 aliphatic rings. The van der Waals surface area contributed by atoms with Crippen molar-refractivity contribution < 1.29 is 9.18 Å². The van der Waals surface area contributed by atoms with Gasteiger partial charge < -0.3 is 16.0 Å². The van der Waals surface area contributed by atoms with Crippen LogP contribution in [-0.4, -0.2) is 24.5 Å². The van der Waals surface area contributed by atoms with Crippen LogP contribution < -0.4 is 16.0 Å². The normalized spacial score (nSPS) is 19.0. The standard InChI is InChI=1S/C12H16FN3O/c1-12(2)11(17)15-3-4-16(12)10-6-8(13)5-9(14)7-10/h5-7H,3-4,14H2,1-2H3,(H,15,17). The fourth-order valence-corrected chi connectivity index (χ4v) is 2.10. The monoisotopic (exact) mass is 237 g/mol. The van der Waals surface area contributed by atoms with Crippen molar-refractivity contribution in [3.05, 3.63) is 24.0 Å². The highest BCUT2D eigenvalue weighted by Gasteiger charge is 2.37. The molecule has 2 rings (SSSR count). The van der Waals surface area contributed by atoms with Gasteiger partial charge in [0.2, 0.25) is 5.91 Å². The molecule has 0 spiro atoms. The van der Waals surface area contributed by atoms with E-state index in [0.29, 0.717) is 24.5 Å². The Morgan fingerprint density at radius 1 is 1.41 bits per heavy atom. The van der Waals surface area contributed by atoms with Gasteiger partial charge in [0.05, 0.1) is 0 Å². The van der Waals surface area contributed by atoms with Crippen molar-refractivity contribution in [2.75, 3.05) is 23.7 Å². The van der Waals surface area contributed by atoms with Gasteiger partial charge in [-0.25, -0.2) is 4.39 Å². The molecule has 0 saturated carbocycles. The highest BCUT2D eigenvalue weighted by molar-refractivity contribution is 5.90. The lowest BCUT2D eigenvalue weighted by atomic mass is 9.98. The van der Waals surface area contributed by atoms with Gasteiger partial charge >= 0.3 is 0 Å². The van der Waals surface area contributed by atoms with Crippen molar-refractivity contribution in [2.45, 2.75) is 19.4 Å². The summed E-state index contributed by atoms with van der Waals surface area (Å²) in [5, 5.41) is 2.80. The number of benzene rings is 1. The van der Waals surface area contributed by atoms with Gasteiger partial charge in [0.15, 0.2) is 0 Å². The van der Waals surface area contributed by atoms with Crippen LogP contribution in [0.25, 0.3) is 0 Å². The molecule has 17 heavy (non-hydrogen) atoms. The second-order valence-corrected chi connectivity index (χ2v) is 4.71. The number of nitrogens with zero attached hydrogens (tertiary/aromatic N) is 1. The fraction of sp³-hybridized carbons (Fsp3) is 0.417. The molecular weight excluding hydrogens is 221 g/mol. The average Bonchev–Trinajstić information content (AvgIpc) is 2.20. The summed E-state index contributed by atoms with van der Waals surface area (Å²) >= 11 is 0. The van der Waals surface area contributed by atoms with Gasteiger partial charge in [0, 0.05) is 24.5 Å². The number of nitrogens with one attached hydrogen (secondary N) is 1. The molecule has 0 radical (unpaired) electrons. The average molecular weight is 237 g/mol. The summed E-state index contributed by atoms with van der Waals surface area (Å²) in [6.07, 6.45) is 0. The summed E-state index contributed by atoms with van der Waals surface area (Å²) in [6, 6.07) is 4.35. The minimum absolute atomic E-state index is 0.0633. The Morgan fingerprint density at radius 2 is 2.12 bits per heavy atom. The first-order chi connectivity index (χ1) is 7.91. The first-order valence-electron chi connectivity index (χ1n) is 5.53. The fourth-order valence-electron chi connectivity index (χ4n) is 2.10. The zero-order valence-electron chi connectivity index (χ0n) is 9.96. The van der Waals surface area contributed by atoms with E-state index in [4.69, 9.17) is 5.73 Å². The lowest BCUT2D eigenvalue weighted by Gasteiger charge is -2.42. The van der Waals surface area contributed by atoms with Crippen molar-refractivity contribution in [1.29, 1.82) is 0 Å². The number of amides is 1. The first-order valence-corrected chi connectivity index (χ1v) is 5.53. The lowest BCUT2D eigenvalue weighted by molar-refractivity contribution is -0.126. The van der Waals surface area contributed by atoms with Crippen molar-refractivity contribution in [2.24, 2.45) is 0 Å². The molecule has 5 heteroatoms.